The Morgan fingerprint density at radius 3 is 2.06 bits per heavy atom. The Bertz CT molecular complexity index is 1240. The van der Waals surface area contributed by atoms with Crippen LogP contribution in [0, 0.1) is 52.8 Å². The number of hydrogen-bond acceptors (Lipinski definition) is 0. The van der Waals surface area contributed by atoms with E-state index < -0.39 is 29.1 Å². The number of unbranched alkanes of at least 4 members (excludes halogenated alkanes) is 1. The summed E-state index contributed by atoms with van der Waals surface area (Å²) in [5.41, 5.74) is 0.583. The van der Waals surface area contributed by atoms with Crippen LogP contribution < -0.4 is 0 Å². The number of aryl methyl sites for hydroxylation is 1. The molecule has 1 aliphatic carbocycles. The fraction of sp³-hybridized carbons (Fsp3) is 0.400. The Balaban J connectivity index is 1.42. The molecule has 1 saturated carbocycles. The summed E-state index contributed by atoms with van der Waals surface area (Å²) in [6.45, 7) is 2.22. The van der Waals surface area contributed by atoms with Crippen LogP contribution in [0.3, 0.4) is 0 Å². The van der Waals surface area contributed by atoms with Gasteiger partial charge in [0.15, 0.2) is 17.5 Å². The quantitative estimate of drug-likeness (QED) is 0.186. The summed E-state index contributed by atoms with van der Waals surface area (Å²) in [4.78, 5) is 0. The summed E-state index contributed by atoms with van der Waals surface area (Å²) in [5, 5.41) is 0.0227. The van der Waals surface area contributed by atoms with Crippen LogP contribution in [-0.4, -0.2) is 0 Å². The molecule has 0 aromatic heterocycles. The maximum atomic E-state index is 14.7. The van der Waals surface area contributed by atoms with E-state index in [0.29, 0.717) is 23.5 Å². The molecule has 5 heteroatoms. The van der Waals surface area contributed by atoms with Crippen LogP contribution in [0.25, 0.3) is 10.8 Å². The Hall–Kier alpha value is -2.87. The Morgan fingerprint density at radius 2 is 1.40 bits per heavy atom. The summed E-state index contributed by atoms with van der Waals surface area (Å²) in [6.07, 6.45) is 10.3. The van der Waals surface area contributed by atoms with E-state index in [1.54, 1.807) is 0 Å². The van der Waals surface area contributed by atoms with E-state index in [-0.39, 0.29) is 16.3 Å². The molecule has 3 aromatic carbocycles. The summed E-state index contributed by atoms with van der Waals surface area (Å²) >= 11 is 0. The molecule has 184 valence electrons. The molecule has 0 heterocycles. The summed E-state index contributed by atoms with van der Waals surface area (Å²) in [5.74, 6) is 0.994. The van der Waals surface area contributed by atoms with Gasteiger partial charge in [-0.25, -0.2) is 22.0 Å². The third-order valence-electron chi connectivity index (χ3n) is 7.18. The smallest absolute Gasteiger partial charge is 0.195 e. The number of fused-ring (bicyclic) bond motifs is 1. The second kappa shape index (κ2) is 11.2. The third kappa shape index (κ3) is 6.04. The first kappa shape index (κ1) is 25.2. The van der Waals surface area contributed by atoms with Crippen molar-refractivity contribution in [1.29, 1.82) is 0 Å². The van der Waals surface area contributed by atoms with Gasteiger partial charge < -0.3 is 0 Å². The van der Waals surface area contributed by atoms with E-state index in [9.17, 15) is 22.0 Å². The van der Waals surface area contributed by atoms with Gasteiger partial charge in [-0.1, -0.05) is 69.8 Å². The highest BCUT2D eigenvalue weighted by Crippen LogP contribution is 2.34. The van der Waals surface area contributed by atoms with Crippen molar-refractivity contribution in [2.45, 2.75) is 64.7 Å². The number of hydrogen-bond donors (Lipinski definition) is 0. The molecular formula is C30H29F5. The van der Waals surface area contributed by atoms with Crippen molar-refractivity contribution >= 4 is 10.8 Å². The predicted octanol–water partition coefficient (Wildman–Crippen LogP) is 8.86. The van der Waals surface area contributed by atoms with Crippen LogP contribution in [0.15, 0.2) is 36.4 Å². The summed E-state index contributed by atoms with van der Waals surface area (Å²) in [7, 11) is 0. The summed E-state index contributed by atoms with van der Waals surface area (Å²) in [6, 6.07) is 7.57. The van der Waals surface area contributed by atoms with Crippen LogP contribution in [0.2, 0.25) is 0 Å². The van der Waals surface area contributed by atoms with E-state index in [1.807, 2.05) is 0 Å². The predicted molar refractivity (Wildman–Crippen MR) is 129 cm³/mol. The van der Waals surface area contributed by atoms with E-state index in [4.69, 9.17) is 0 Å². The van der Waals surface area contributed by atoms with E-state index in [0.717, 1.165) is 18.4 Å². The number of rotatable bonds is 6. The Morgan fingerprint density at radius 1 is 0.743 bits per heavy atom. The Kier molecular flexibility index (Phi) is 8.11. The molecule has 4 rings (SSSR count). The fourth-order valence-electron chi connectivity index (χ4n) is 5.08. The maximum absolute atomic E-state index is 14.7. The first-order valence-electron chi connectivity index (χ1n) is 12.4. The van der Waals surface area contributed by atoms with Gasteiger partial charge in [-0.3, -0.25) is 0 Å². The van der Waals surface area contributed by atoms with Crippen molar-refractivity contribution in [1.82, 2.24) is 0 Å². The van der Waals surface area contributed by atoms with Gasteiger partial charge >= 0.3 is 0 Å². The molecule has 0 spiro atoms. The molecule has 0 aliphatic heterocycles. The molecule has 0 amide bonds. The molecule has 0 bridgehead atoms. The van der Waals surface area contributed by atoms with Gasteiger partial charge in [0.05, 0.1) is 5.56 Å². The molecule has 1 aliphatic rings. The third-order valence-corrected chi connectivity index (χ3v) is 7.18. The van der Waals surface area contributed by atoms with Crippen molar-refractivity contribution in [3.05, 3.63) is 82.2 Å². The van der Waals surface area contributed by atoms with Crippen LogP contribution in [0.4, 0.5) is 22.0 Å². The SMILES string of the molecule is CCCCC1CCC(CCc2cc(F)c(C#Cc3ccc4c(F)c(F)c(F)cc4c3)c(F)c2)CC1. The molecule has 0 nitrogen and oxygen atoms in total. The van der Waals surface area contributed by atoms with Crippen LogP contribution in [0.1, 0.15) is 75.0 Å². The molecular weight excluding hydrogens is 455 g/mol. The van der Waals surface area contributed by atoms with Crippen molar-refractivity contribution in [2.75, 3.05) is 0 Å². The average molecular weight is 485 g/mol. The topological polar surface area (TPSA) is 0 Å². The molecule has 1 fully saturated rings. The normalized spacial score (nSPS) is 17.9. The maximum Gasteiger partial charge on any atom is 0.195 e. The standard InChI is InChI=1S/C30H29F5/c1-2-3-4-19-5-7-20(8-6-19)9-10-22-16-26(31)25(27(32)17-22)14-12-21-11-13-24-23(15-21)18-28(33)30(35)29(24)34/h11,13,15-20H,2-10H2,1H3. The number of benzene rings is 3. The largest absolute Gasteiger partial charge is 0.206 e. The van der Waals surface area contributed by atoms with Crippen molar-refractivity contribution in [3.63, 3.8) is 0 Å². The second-order valence-corrected chi connectivity index (χ2v) is 9.67. The van der Waals surface area contributed by atoms with Crippen LogP contribution in [-0.2, 0) is 6.42 Å². The van der Waals surface area contributed by atoms with Crippen molar-refractivity contribution in [3.8, 4) is 11.8 Å². The highest BCUT2D eigenvalue weighted by Gasteiger charge is 2.21. The van der Waals surface area contributed by atoms with Crippen molar-refractivity contribution < 1.29 is 22.0 Å². The van der Waals surface area contributed by atoms with Crippen LogP contribution in [0.5, 0.6) is 0 Å². The minimum Gasteiger partial charge on any atom is -0.206 e. The second-order valence-electron chi connectivity index (χ2n) is 9.67. The summed E-state index contributed by atoms with van der Waals surface area (Å²) < 4.78 is 70.2. The lowest BCUT2D eigenvalue weighted by molar-refractivity contribution is 0.250. The minimum atomic E-state index is -1.54. The lowest BCUT2D eigenvalue weighted by Gasteiger charge is -2.28. The lowest BCUT2D eigenvalue weighted by Crippen LogP contribution is -2.15. The van der Waals surface area contributed by atoms with Gasteiger partial charge in [-0.2, -0.15) is 0 Å². The van der Waals surface area contributed by atoms with Gasteiger partial charge in [0.25, 0.3) is 0 Å². The first-order valence-corrected chi connectivity index (χ1v) is 12.4. The van der Waals surface area contributed by atoms with Gasteiger partial charge in [0.1, 0.15) is 11.6 Å². The van der Waals surface area contributed by atoms with E-state index >= 15 is 0 Å². The van der Waals surface area contributed by atoms with Crippen LogP contribution >= 0.6 is 0 Å². The van der Waals surface area contributed by atoms with Gasteiger partial charge in [-0.05, 0) is 66.0 Å². The first-order chi connectivity index (χ1) is 16.9. The highest BCUT2D eigenvalue weighted by molar-refractivity contribution is 5.84. The molecule has 0 radical (unpaired) electrons. The zero-order valence-corrected chi connectivity index (χ0v) is 19.9. The van der Waals surface area contributed by atoms with Crippen molar-refractivity contribution in [2.24, 2.45) is 11.8 Å². The van der Waals surface area contributed by atoms with Gasteiger partial charge in [-0.15, -0.1) is 0 Å². The molecule has 35 heavy (non-hydrogen) atoms. The molecule has 3 aromatic rings. The van der Waals surface area contributed by atoms with E-state index in [1.165, 1.54) is 75.3 Å². The Labute approximate surface area is 203 Å². The minimum absolute atomic E-state index is 0.0920. The zero-order chi connectivity index (χ0) is 24.9. The average Bonchev–Trinajstić information content (AvgIpc) is 2.85. The van der Waals surface area contributed by atoms with Gasteiger partial charge in [0, 0.05) is 10.9 Å². The van der Waals surface area contributed by atoms with E-state index in [2.05, 4.69) is 18.8 Å². The fourth-order valence-corrected chi connectivity index (χ4v) is 5.08. The zero-order valence-electron chi connectivity index (χ0n) is 19.9. The molecule has 0 saturated heterocycles. The highest BCUT2D eigenvalue weighted by atomic mass is 19.2. The van der Waals surface area contributed by atoms with Gasteiger partial charge in [0.2, 0.25) is 0 Å². The molecule has 0 unspecified atom stereocenters. The molecule has 0 N–H and O–H groups in total. The lowest BCUT2D eigenvalue weighted by atomic mass is 9.78. The molecule has 0 atom stereocenters. The number of halogens is 5. The monoisotopic (exact) mass is 484 g/mol.